The number of rotatable bonds is 5. The lowest BCUT2D eigenvalue weighted by molar-refractivity contribution is -0.116. The number of nitrogens with one attached hydrogen (secondary N) is 1. The Kier molecular flexibility index (Phi) is 5.27. The molecule has 2 N–H and O–H groups in total. The maximum absolute atomic E-state index is 12.2. The first-order chi connectivity index (χ1) is 9.28. The van der Waals surface area contributed by atoms with Gasteiger partial charge in [0.05, 0.1) is 16.9 Å². The van der Waals surface area contributed by atoms with Crippen LogP contribution >= 0.6 is 0 Å². The molecule has 0 spiro atoms. The lowest BCUT2D eigenvalue weighted by Crippen LogP contribution is -2.40. The Balaban J connectivity index is 2.91. The lowest BCUT2D eigenvalue weighted by Gasteiger charge is -2.23. The minimum Gasteiger partial charge on any atom is -0.388 e. The van der Waals surface area contributed by atoms with Crippen molar-refractivity contribution in [2.75, 3.05) is 18.5 Å². The summed E-state index contributed by atoms with van der Waals surface area (Å²) >= 11 is 0. The van der Waals surface area contributed by atoms with Crippen LogP contribution in [0, 0.1) is 0 Å². The summed E-state index contributed by atoms with van der Waals surface area (Å²) in [5, 5.41) is 12.6. The fraction of sp³-hybridized carbons (Fsp3) is 0.467. The van der Waals surface area contributed by atoms with Gasteiger partial charge in [-0.05, 0) is 25.5 Å². The largest absolute Gasteiger partial charge is 0.388 e. The second kappa shape index (κ2) is 6.52. The van der Waals surface area contributed by atoms with Crippen LogP contribution in [0.5, 0.6) is 0 Å². The van der Waals surface area contributed by atoms with Crippen molar-refractivity contribution in [3.05, 3.63) is 29.8 Å². The van der Waals surface area contributed by atoms with Crippen molar-refractivity contribution in [1.29, 1.82) is 0 Å². The van der Waals surface area contributed by atoms with E-state index in [0.717, 1.165) is 0 Å². The third kappa shape index (κ3) is 4.06. The maximum Gasteiger partial charge on any atom is 0.253 e. The van der Waals surface area contributed by atoms with Gasteiger partial charge in [0.25, 0.3) is 5.91 Å². The van der Waals surface area contributed by atoms with Crippen LogP contribution < -0.4 is 10.2 Å². The highest BCUT2D eigenvalue weighted by Gasteiger charge is 2.21. The molecular formula is C15H22N2O3. The third-order valence-corrected chi connectivity index (χ3v) is 3.37. The Morgan fingerprint density at radius 1 is 1.35 bits per heavy atom. The fourth-order valence-electron chi connectivity index (χ4n) is 1.62. The predicted octanol–water partition coefficient (Wildman–Crippen LogP) is 1.56. The molecule has 0 aromatic heterocycles. The van der Waals surface area contributed by atoms with Crippen LogP contribution in [0.25, 0.3) is 0 Å². The monoisotopic (exact) mass is 278 g/mol. The van der Waals surface area contributed by atoms with Crippen LogP contribution in [0.1, 0.15) is 37.6 Å². The Hall–Kier alpha value is -1.88. The van der Waals surface area contributed by atoms with Crippen LogP contribution in [0.2, 0.25) is 0 Å². The molecule has 2 amide bonds. The van der Waals surface area contributed by atoms with E-state index < -0.39 is 5.60 Å². The number of carbonyl (C=O) groups excluding carboxylic acids is 2. The summed E-state index contributed by atoms with van der Waals surface area (Å²) in [5.74, 6) is -0.451. The number of nitrogens with zero attached hydrogens (tertiary/aromatic N) is 1. The molecule has 0 saturated heterocycles. The first-order valence-electron chi connectivity index (χ1n) is 6.62. The van der Waals surface area contributed by atoms with E-state index in [1.807, 2.05) is 6.92 Å². The maximum atomic E-state index is 12.2. The topological polar surface area (TPSA) is 69.6 Å². The number of aliphatic hydroxyl groups is 1. The average Bonchev–Trinajstić information content (AvgIpc) is 2.44. The molecule has 0 heterocycles. The minimum absolute atomic E-state index is 0.147. The molecule has 110 valence electrons. The van der Waals surface area contributed by atoms with E-state index in [1.165, 1.54) is 11.8 Å². The number of hydrogen-bond acceptors (Lipinski definition) is 3. The molecule has 0 radical (unpaired) electrons. The highest BCUT2D eigenvalue weighted by atomic mass is 16.3. The Morgan fingerprint density at radius 2 is 1.95 bits per heavy atom. The molecule has 0 fully saturated rings. The molecular weight excluding hydrogens is 256 g/mol. The van der Waals surface area contributed by atoms with Gasteiger partial charge in [0.2, 0.25) is 5.91 Å². The smallest absolute Gasteiger partial charge is 0.253 e. The highest BCUT2D eigenvalue weighted by molar-refractivity contribution is 6.04. The van der Waals surface area contributed by atoms with Gasteiger partial charge in [0, 0.05) is 20.5 Å². The molecule has 5 nitrogen and oxygen atoms in total. The summed E-state index contributed by atoms with van der Waals surface area (Å²) in [7, 11) is 1.62. The van der Waals surface area contributed by atoms with Gasteiger partial charge in [-0.15, -0.1) is 0 Å². The molecule has 0 aliphatic heterocycles. The number of hydrogen-bond donors (Lipinski definition) is 2. The van der Waals surface area contributed by atoms with E-state index in [2.05, 4.69) is 5.32 Å². The zero-order valence-electron chi connectivity index (χ0n) is 12.4. The molecule has 1 aromatic carbocycles. The summed E-state index contributed by atoms with van der Waals surface area (Å²) in [5.41, 5.74) is 0.0302. The molecule has 5 heteroatoms. The quantitative estimate of drug-likeness (QED) is 0.858. The molecule has 20 heavy (non-hydrogen) atoms. The summed E-state index contributed by atoms with van der Waals surface area (Å²) in [4.78, 5) is 25.1. The van der Waals surface area contributed by atoms with Crippen LogP contribution in [0.3, 0.4) is 0 Å². The molecule has 1 rings (SSSR count). The molecule has 1 aromatic rings. The van der Waals surface area contributed by atoms with Crippen molar-refractivity contribution >= 4 is 17.5 Å². The van der Waals surface area contributed by atoms with Gasteiger partial charge < -0.3 is 15.3 Å². The normalized spacial score (nSPS) is 13.4. The van der Waals surface area contributed by atoms with Crippen molar-refractivity contribution in [2.24, 2.45) is 0 Å². The molecule has 0 aliphatic carbocycles. The standard InChI is InChI=1S/C15H22N2O3/c1-5-15(3,20)10-16-14(19)12-8-6-7-9-13(12)17(4)11(2)18/h6-9,20H,5,10H2,1-4H3,(H,16,19). The van der Waals surface area contributed by atoms with Crippen LogP contribution in [-0.4, -0.2) is 36.1 Å². The summed E-state index contributed by atoms with van der Waals surface area (Å²) < 4.78 is 0. The first kappa shape index (κ1) is 16.2. The molecule has 0 saturated carbocycles. The number of anilines is 1. The minimum atomic E-state index is -0.933. The average molecular weight is 278 g/mol. The van der Waals surface area contributed by atoms with Gasteiger partial charge in [-0.3, -0.25) is 9.59 Å². The second-order valence-electron chi connectivity index (χ2n) is 5.13. The van der Waals surface area contributed by atoms with Gasteiger partial charge in [-0.25, -0.2) is 0 Å². The van der Waals surface area contributed by atoms with E-state index in [1.54, 1.807) is 38.2 Å². The fourth-order valence-corrected chi connectivity index (χ4v) is 1.62. The van der Waals surface area contributed by atoms with Crippen LogP contribution in [-0.2, 0) is 4.79 Å². The predicted molar refractivity (Wildman–Crippen MR) is 78.8 cm³/mol. The van der Waals surface area contributed by atoms with E-state index >= 15 is 0 Å². The lowest BCUT2D eigenvalue weighted by atomic mass is 10.0. The van der Waals surface area contributed by atoms with Crippen molar-refractivity contribution in [3.63, 3.8) is 0 Å². The zero-order valence-corrected chi connectivity index (χ0v) is 12.4. The summed E-state index contributed by atoms with van der Waals surface area (Å²) in [6, 6.07) is 6.89. The van der Waals surface area contributed by atoms with Gasteiger partial charge in [0.1, 0.15) is 0 Å². The molecule has 1 atom stereocenters. The zero-order chi connectivity index (χ0) is 15.3. The van der Waals surface area contributed by atoms with Crippen molar-refractivity contribution in [1.82, 2.24) is 5.32 Å². The Morgan fingerprint density at radius 3 is 2.50 bits per heavy atom. The Bertz CT molecular complexity index is 498. The van der Waals surface area contributed by atoms with Crippen LogP contribution in [0.15, 0.2) is 24.3 Å². The molecule has 0 aliphatic rings. The number of carbonyl (C=O) groups is 2. The van der Waals surface area contributed by atoms with Crippen LogP contribution in [0.4, 0.5) is 5.69 Å². The van der Waals surface area contributed by atoms with Crippen molar-refractivity contribution < 1.29 is 14.7 Å². The number of amides is 2. The number of para-hydroxylation sites is 1. The highest BCUT2D eigenvalue weighted by Crippen LogP contribution is 2.19. The molecule has 0 bridgehead atoms. The number of benzene rings is 1. The SMILES string of the molecule is CCC(C)(O)CNC(=O)c1ccccc1N(C)C(C)=O. The van der Waals surface area contributed by atoms with E-state index in [9.17, 15) is 14.7 Å². The first-order valence-corrected chi connectivity index (χ1v) is 6.62. The van der Waals surface area contributed by atoms with E-state index in [0.29, 0.717) is 17.7 Å². The van der Waals surface area contributed by atoms with Crippen molar-refractivity contribution in [3.8, 4) is 0 Å². The second-order valence-corrected chi connectivity index (χ2v) is 5.13. The van der Waals surface area contributed by atoms with Gasteiger partial charge in [0.15, 0.2) is 0 Å². The van der Waals surface area contributed by atoms with E-state index in [4.69, 9.17) is 0 Å². The van der Waals surface area contributed by atoms with Gasteiger partial charge in [-0.1, -0.05) is 19.1 Å². The van der Waals surface area contributed by atoms with Gasteiger partial charge in [-0.2, -0.15) is 0 Å². The van der Waals surface area contributed by atoms with Crippen molar-refractivity contribution in [2.45, 2.75) is 32.8 Å². The van der Waals surface area contributed by atoms with Gasteiger partial charge >= 0.3 is 0 Å². The summed E-state index contributed by atoms with van der Waals surface area (Å²) in [6.45, 7) is 5.13. The third-order valence-electron chi connectivity index (χ3n) is 3.37. The summed E-state index contributed by atoms with van der Waals surface area (Å²) in [6.07, 6.45) is 0.544. The molecule has 1 unspecified atom stereocenters. The Labute approximate surface area is 119 Å². The van der Waals surface area contributed by atoms with E-state index in [-0.39, 0.29) is 18.4 Å².